The Kier molecular flexibility index (Phi) is 21.3. The summed E-state index contributed by atoms with van der Waals surface area (Å²) in [7, 11) is 0. The van der Waals surface area contributed by atoms with Gasteiger partial charge in [0.05, 0.1) is 0 Å². The molecule has 0 aliphatic carbocycles. The molecule has 0 fully saturated rings. The fourth-order valence-corrected chi connectivity index (χ4v) is 12.4. The largest absolute Gasteiger partial charge is 0.456 e. The number of fused-ring (bicyclic) bond motifs is 8. The maximum absolute atomic E-state index is 5.94. The second-order valence-electron chi connectivity index (χ2n) is 22.6. The van der Waals surface area contributed by atoms with Crippen molar-refractivity contribution in [2.75, 3.05) is 26.2 Å². The van der Waals surface area contributed by atoms with Crippen LogP contribution in [0.3, 0.4) is 0 Å². The normalized spacial score (nSPS) is 11.0. The molecule has 9 nitrogen and oxygen atoms in total. The molecule has 0 spiro atoms. The van der Waals surface area contributed by atoms with Gasteiger partial charge >= 0.3 is 0 Å². The molecule has 0 aliphatic heterocycles. The van der Waals surface area contributed by atoms with Crippen molar-refractivity contribution in [3.63, 3.8) is 0 Å². The molecule has 5 heterocycles. The zero-order valence-corrected chi connectivity index (χ0v) is 53.0. The molecule has 0 unspecified atom stereocenters. The molecule has 16 aromatic rings. The third-order valence-electron chi connectivity index (χ3n) is 17.0. The van der Waals surface area contributed by atoms with Gasteiger partial charge in [-0.05, 0) is 219 Å². The topological polar surface area (TPSA) is 180 Å². The van der Waals surface area contributed by atoms with Crippen molar-refractivity contribution < 1.29 is 4.42 Å². The number of para-hydroxylation sites is 1. The van der Waals surface area contributed by atoms with Gasteiger partial charge in [0.1, 0.15) is 11.3 Å². The standard InChI is InChI=1S/C21H20N2.2C20H18N2.C18H16N2O.3ClH/c22-12-4-7-17-14-23-21-11-10-16(13-20(17)21)19-9-3-6-15-5-1-2-8-18(15)19;21-11-10-16-13-22-20-9-8-15(12-19(16)20)18-7-3-5-14-4-1-2-6-17(14)18;21-10-9-18-13-22-20-8-7-17(12-19(18)20)16-6-5-14-3-1-2-4-15(14)11-16;19-8-7-14-11-20-16-6-5-13(9-15(14)16)18-10-12-3-1-2-4-17(12)21-18;;;/h1-3,5-6,8-11,13-14,23H,4,7,12,22H2;1-9,12-13,22H,10-11,21H2;1-8,11-13,22H,9-10,21H2;1-6,9-11,20H,7-8,19H2;3*1H. The first-order valence-electron chi connectivity index (χ1n) is 30.6. The predicted molar refractivity (Wildman–Crippen MR) is 395 cm³/mol. The van der Waals surface area contributed by atoms with E-state index in [0.717, 1.165) is 66.5 Å². The first kappa shape index (κ1) is 64.6. The summed E-state index contributed by atoms with van der Waals surface area (Å²) >= 11 is 0. The third kappa shape index (κ3) is 14.0. The van der Waals surface area contributed by atoms with Crippen LogP contribution < -0.4 is 22.9 Å². The summed E-state index contributed by atoms with van der Waals surface area (Å²) in [6, 6.07) is 81.6. The van der Waals surface area contributed by atoms with Crippen LogP contribution in [0.25, 0.3) is 132 Å². The first-order chi connectivity index (χ1) is 43.4. The number of nitrogens with two attached hydrogens (primary N) is 4. The summed E-state index contributed by atoms with van der Waals surface area (Å²) in [6.07, 6.45) is 13.0. The zero-order chi connectivity index (χ0) is 59.8. The summed E-state index contributed by atoms with van der Waals surface area (Å²) in [4.78, 5) is 13.3. The molecule has 0 radical (unpaired) electrons. The molecule has 0 bridgehead atoms. The monoisotopic (exact) mass is 1260 g/mol. The highest BCUT2D eigenvalue weighted by molar-refractivity contribution is 6.01. The lowest BCUT2D eigenvalue weighted by Gasteiger charge is -2.08. The average molecular weight is 1260 g/mol. The van der Waals surface area contributed by atoms with Crippen molar-refractivity contribution in [1.29, 1.82) is 0 Å². The van der Waals surface area contributed by atoms with Gasteiger partial charge in [-0.25, -0.2) is 0 Å². The molecule has 0 saturated heterocycles. The number of benzene rings is 11. The molecule has 0 saturated carbocycles. The number of H-pyrrole nitrogens is 4. The van der Waals surface area contributed by atoms with Crippen LogP contribution in [-0.4, -0.2) is 46.1 Å². The quantitative estimate of drug-likeness (QED) is 0.0571. The number of aromatic nitrogens is 4. The van der Waals surface area contributed by atoms with Gasteiger partial charge in [-0.3, -0.25) is 0 Å². The summed E-state index contributed by atoms with van der Waals surface area (Å²) in [5.41, 5.74) is 42.2. The Morgan fingerprint density at radius 1 is 0.275 bits per heavy atom. The maximum atomic E-state index is 5.94. The second-order valence-corrected chi connectivity index (χ2v) is 22.6. The number of aromatic amines is 4. The van der Waals surface area contributed by atoms with Crippen molar-refractivity contribution in [3.8, 4) is 44.7 Å². The van der Waals surface area contributed by atoms with Crippen LogP contribution in [0.5, 0.6) is 0 Å². The lowest BCUT2D eigenvalue weighted by atomic mass is 9.96. The summed E-state index contributed by atoms with van der Waals surface area (Å²) in [5, 5.41) is 13.9. The minimum Gasteiger partial charge on any atom is -0.456 e. The van der Waals surface area contributed by atoms with Gasteiger partial charge in [0.25, 0.3) is 0 Å². The van der Waals surface area contributed by atoms with E-state index in [9.17, 15) is 0 Å². The van der Waals surface area contributed by atoms with E-state index in [1.54, 1.807) is 0 Å². The van der Waals surface area contributed by atoms with Crippen LogP contribution in [-0.2, 0) is 25.7 Å². The van der Waals surface area contributed by atoms with Crippen molar-refractivity contribution in [2.24, 2.45) is 22.9 Å². The Bertz CT molecular complexity index is 5020. The van der Waals surface area contributed by atoms with Crippen molar-refractivity contribution >= 4 is 124 Å². The fraction of sp³-hybridized carbons (Fsp3) is 0.114. The first-order valence-corrected chi connectivity index (χ1v) is 30.6. The SMILES string of the molecule is Cl.Cl.Cl.NCCCc1c[nH]c2ccc(-c3cccc4ccccc34)cc12.NCCc1c[nH]c2ccc(-c3cc4ccccc4o3)cc12.NCCc1c[nH]c2ccc(-c3ccc4ccccc4c3)cc12.NCCc1c[nH]c2ccc(-c3cccc4ccccc34)cc12. The van der Waals surface area contributed by atoms with E-state index in [1.807, 2.05) is 24.4 Å². The van der Waals surface area contributed by atoms with Gasteiger partial charge in [-0.1, -0.05) is 158 Å². The van der Waals surface area contributed by atoms with Gasteiger partial charge in [0.15, 0.2) is 0 Å². The molecule has 5 aromatic heterocycles. The summed E-state index contributed by atoms with van der Waals surface area (Å²) in [5.74, 6) is 0.901. The van der Waals surface area contributed by atoms with Crippen LogP contribution in [0.4, 0.5) is 0 Å². The third-order valence-corrected chi connectivity index (χ3v) is 17.0. The Balaban J connectivity index is 0.000000132. The van der Waals surface area contributed by atoms with Crippen LogP contribution >= 0.6 is 37.2 Å². The van der Waals surface area contributed by atoms with E-state index in [4.69, 9.17) is 27.4 Å². The number of furan rings is 1. The van der Waals surface area contributed by atoms with Crippen LogP contribution in [0.15, 0.2) is 260 Å². The number of rotatable bonds is 13. The summed E-state index contributed by atoms with van der Waals surface area (Å²) < 4.78 is 5.94. The smallest absolute Gasteiger partial charge is 0.135 e. The van der Waals surface area contributed by atoms with Crippen LogP contribution in [0.2, 0.25) is 0 Å². The van der Waals surface area contributed by atoms with Crippen LogP contribution in [0, 0.1) is 0 Å². The highest BCUT2D eigenvalue weighted by Gasteiger charge is 2.13. The van der Waals surface area contributed by atoms with Crippen molar-refractivity contribution in [2.45, 2.75) is 32.1 Å². The molecule has 16 rings (SSSR count). The van der Waals surface area contributed by atoms with Crippen molar-refractivity contribution in [1.82, 2.24) is 19.9 Å². The Morgan fingerprint density at radius 3 is 1.13 bits per heavy atom. The molecule has 0 aliphatic rings. The van der Waals surface area contributed by atoms with Gasteiger partial charge < -0.3 is 47.3 Å². The van der Waals surface area contributed by atoms with E-state index in [-0.39, 0.29) is 37.2 Å². The molecular weight excluding hydrogens is 1180 g/mol. The van der Waals surface area contributed by atoms with Crippen molar-refractivity contribution in [3.05, 3.63) is 278 Å². The van der Waals surface area contributed by atoms with E-state index >= 15 is 0 Å². The van der Waals surface area contributed by atoms with Gasteiger partial charge in [-0.2, -0.15) is 0 Å². The molecule has 12 heteroatoms. The molecule has 458 valence electrons. The number of halogens is 3. The molecule has 0 atom stereocenters. The number of aryl methyl sites for hydroxylation is 1. The average Bonchev–Trinajstić information content (AvgIpc) is 2.33. The minimum absolute atomic E-state index is 0. The number of hydrogen-bond acceptors (Lipinski definition) is 5. The number of hydrogen-bond donors (Lipinski definition) is 8. The lowest BCUT2D eigenvalue weighted by molar-refractivity contribution is 0.631. The second kappa shape index (κ2) is 29.9. The van der Waals surface area contributed by atoms with Gasteiger partial charge in [0.2, 0.25) is 0 Å². The zero-order valence-electron chi connectivity index (χ0n) is 50.6. The molecule has 0 amide bonds. The Labute approximate surface area is 548 Å². The predicted octanol–water partition coefficient (Wildman–Crippen LogP) is 19.2. The highest BCUT2D eigenvalue weighted by atomic mass is 35.5. The van der Waals surface area contributed by atoms with Crippen LogP contribution in [0.1, 0.15) is 28.7 Å². The molecule has 91 heavy (non-hydrogen) atoms. The summed E-state index contributed by atoms with van der Waals surface area (Å²) in [6.45, 7) is 2.73. The highest BCUT2D eigenvalue weighted by Crippen LogP contribution is 2.36. The number of nitrogens with one attached hydrogen (secondary N) is 4. The van der Waals surface area contributed by atoms with Gasteiger partial charge in [-0.15, -0.1) is 37.2 Å². The van der Waals surface area contributed by atoms with E-state index in [0.29, 0.717) is 19.6 Å². The molecular formula is C79H75Cl3N8O. The Hall–Kier alpha value is -9.39. The van der Waals surface area contributed by atoms with Gasteiger partial charge in [0, 0.05) is 79.3 Å². The fourth-order valence-electron chi connectivity index (χ4n) is 12.4. The lowest BCUT2D eigenvalue weighted by Crippen LogP contribution is -2.01. The van der Waals surface area contributed by atoms with E-state index < -0.39 is 0 Å². The minimum atomic E-state index is 0. The molecule has 12 N–H and O–H groups in total. The van der Waals surface area contributed by atoms with E-state index in [1.165, 1.54) is 126 Å². The van der Waals surface area contributed by atoms with E-state index in [2.05, 4.69) is 251 Å². The molecule has 11 aromatic carbocycles. The Morgan fingerprint density at radius 2 is 0.648 bits per heavy atom. The maximum Gasteiger partial charge on any atom is 0.135 e.